The highest BCUT2D eigenvalue weighted by molar-refractivity contribution is 5.95. The molecule has 1 aromatic rings. The Morgan fingerprint density at radius 3 is 2.77 bits per heavy atom. The molecule has 120 valence electrons. The summed E-state index contributed by atoms with van der Waals surface area (Å²) in [5.41, 5.74) is -0.345. The molecule has 0 saturated carbocycles. The number of carbonyl (C=O) groups excluding carboxylic acids is 1. The molecule has 8 heteroatoms. The second-order valence-corrected chi connectivity index (χ2v) is 5.67. The molecule has 2 aliphatic heterocycles. The van der Waals surface area contributed by atoms with Gasteiger partial charge < -0.3 is 10.2 Å². The van der Waals surface area contributed by atoms with E-state index in [1.165, 1.54) is 0 Å². The van der Waals surface area contributed by atoms with Crippen molar-refractivity contribution in [3.8, 4) is 0 Å². The molecule has 2 fully saturated rings. The predicted molar refractivity (Wildman–Crippen MR) is 80.7 cm³/mol. The minimum atomic E-state index is -0.759. The van der Waals surface area contributed by atoms with Crippen molar-refractivity contribution in [2.45, 2.75) is 6.42 Å². The van der Waals surface area contributed by atoms with Crippen LogP contribution in [0, 0.1) is 27.8 Å². The molecule has 0 bridgehead atoms. The van der Waals surface area contributed by atoms with Gasteiger partial charge in [0.1, 0.15) is 5.82 Å². The number of hydrogen-bond donors (Lipinski definition) is 1. The Bertz CT molecular complexity index is 599. The zero-order valence-electron chi connectivity index (χ0n) is 11.8. The van der Waals surface area contributed by atoms with Crippen LogP contribution in [0.3, 0.4) is 0 Å². The van der Waals surface area contributed by atoms with Gasteiger partial charge in [0, 0.05) is 24.7 Å². The van der Waals surface area contributed by atoms with Crippen LogP contribution >= 0.6 is 12.4 Å². The number of non-ortho nitro benzene ring substituents is 1. The lowest BCUT2D eigenvalue weighted by Gasteiger charge is -2.34. The van der Waals surface area contributed by atoms with Crippen LogP contribution in [0.2, 0.25) is 0 Å². The van der Waals surface area contributed by atoms with E-state index in [-0.39, 0.29) is 23.9 Å². The molecule has 0 radical (unpaired) electrons. The maximum atomic E-state index is 13.4. The van der Waals surface area contributed by atoms with Gasteiger partial charge in [0.25, 0.3) is 11.6 Å². The summed E-state index contributed by atoms with van der Waals surface area (Å²) in [5, 5.41) is 14.1. The molecule has 1 aromatic carbocycles. The van der Waals surface area contributed by atoms with Crippen molar-refractivity contribution in [1.82, 2.24) is 10.2 Å². The first kappa shape index (κ1) is 16.6. The molecule has 1 amide bonds. The molecular weight excluding hydrogens is 313 g/mol. The molecule has 2 unspecified atom stereocenters. The van der Waals surface area contributed by atoms with Gasteiger partial charge in [-0.2, -0.15) is 0 Å². The van der Waals surface area contributed by atoms with Crippen LogP contribution in [0.5, 0.6) is 0 Å². The summed E-state index contributed by atoms with van der Waals surface area (Å²) < 4.78 is 13.4. The minimum Gasteiger partial charge on any atom is -0.338 e. The molecule has 0 aliphatic carbocycles. The summed E-state index contributed by atoms with van der Waals surface area (Å²) in [7, 11) is 0. The van der Waals surface area contributed by atoms with Crippen molar-refractivity contribution in [2.75, 3.05) is 26.2 Å². The normalized spacial score (nSPS) is 23.6. The summed E-state index contributed by atoms with van der Waals surface area (Å²) in [6.07, 6.45) is 0.917. The largest absolute Gasteiger partial charge is 0.338 e. The molecule has 1 N–H and O–H groups in total. The number of nitrogens with one attached hydrogen (secondary N) is 1. The SMILES string of the molecule is Cl.O=C(c1cc(F)cc([N+](=O)[O-])c1)N1CCC2CNCC2C1. The first-order chi connectivity index (χ1) is 10.0. The standard InChI is InChI=1S/C14H16FN3O3.ClH/c15-12-3-10(4-13(5-12)18(20)21)14(19)17-2-1-9-6-16-7-11(9)8-17;/h3-5,9,11,16H,1-2,6-8H2;1H. The summed E-state index contributed by atoms with van der Waals surface area (Å²) in [6.45, 7) is 3.11. The van der Waals surface area contributed by atoms with Crippen molar-refractivity contribution in [3.05, 3.63) is 39.7 Å². The Balaban J connectivity index is 0.00000176. The van der Waals surface area contributed by atoms with Crippen LogP contribution in [0.15, 0.2) is 18.2 Å². The van der Waals surface area contributed by atoms with Crippen LogP contribution in [0.4, 0.5) is 10.1 Å². The van der Waals surface area contributed by atoms with Gasteiger partial charge in [-0.25, -0.2) is 4.39 Å². The van der Waals surface area contributed by atoms with Crippen LogP contribution in [0.25, 0.3) is 0 Å². The number of nitro groups is 1. The molecule has 0 aromatic heterocycles. The van der Waals surface area contributed by atoms with E-state index in [0.717, 1.165) is 37.7 Å². The molecule has 6 nitrogen and oxygen atoms in total. The lowest BCUT2D eigenvalue weighted by atomic mass is 9.88. The molecule has 0 spiro atoms. The number of carbonyl (C=O) groups is 1. The van der Waals surface area contributed by atoms with Gasteiger partial charge in [0.05, 0.1) is 11.0 Å². The average Bonchev–Trinajstić information content (AvgIpc) is 2.93. The zero-order chi connectivity index (χ0) is 15.0. The van der Waals surface area contributed by atoms with Gasteiger partial charge in [0.15, 0.2) is 0 Å². The minimum absolute atomic E-state index is 0. The van der Waals surface area contributed by atoms with Crippen molar-refractivity contribution in [3.63, 3.8) is 0 Å². The first-order valence-electron chi connectivity index (χ1n) is 6.99. The fourth-order valence-corrected chi connectivity index (χ4v) is 3.20. The molecule has 22 heavy (non-hydrogen) atoms. The summed E-state index contributed by atoms with van der Waals surface area (Å²) in [6, 6.07) is 3.03. The average molecular weight is 330 g/mol. The van der Waals surface area contributed by atoms with Gasteiger partial charge >= 0.3 is 0 Å². The molecule has 2 aliphatic rings. The number of likely N-dealkylation sites (tertiary alicyclic amines) is 1. The van der Waals surface area contributed by atoms with E-state index in [2.05, 4.69) is 5.32 Å². The van der Waals surface area contributed by atoms with Crippen LogP contribution in [-0.4, -0.2) is 41.9 Å². The third kappa shape index (κ3) is 3.20. The van der Waals surface area contributed by atoms with E-state index >= 15 is 0 Å². The quantitative estimate of drug-likeness (QED) is 0.663. The predicted octanol–water partition coefficient (Wildman–Crippen LogP) is 1.84. The van der Waals surface area contributed by atoms with E-state index in [1.54, 1.807) is 4.90 Å². The van der Waals surface area contributed by atoms with E-state index in [4.69, 9.17) is 0 Å². The van der Waals surface area contributed by atoms with E-state index in [9.17, 15) is 19.3 Å². The molecule has 3 rings (SSSR count). The van der Waals surface area contributed by atoms with Crippen LogP contribution in [0.1, 0.15) is 16.8 Å². The molecule has 2 atom stereocenters. The number of rotatable bonds is 2. The second kappa shape index (κ2) is 6.58. The highest BCUT2D eigenvalue weighted by atomic mass is 35.5. The Hall–Kier alpha value is -1.73. The highest BCUT2D eigenvalue weighted by Crippen LogP contribution is 2.28. The monoisotopic (exact) mass is 329 g/mol. The van der Waals surface area contributed by atoms with Crippen molar-refractivity contribution in [2.24, 2.45) is 11.8 Å². The fourth-order valence-electron chi connectivity index (χ4n) is 3.20. The van der Waals surface area contributed by atoms with Crippen molar-refractivity contribution in [1.29, 1.82) is 0 Å². The lowest BCUT2D eigenvalue weighted by molar-refractivity contribution is -0.385. The topological polar surface area (TPSA) is 75.5 Å². The van der Waals surface area contributed by atoms with Crippen molar-refractivity contribution < 1.29 is 14.1 Å². The van der Waals surface area contributed by atoms with E-state index < -0.39 is 16.4 Å². The number of nitrogens with zero attached hydrogens (tertiary/aromatic N) is 2. The molecule has 2 heterocycles. The first-order valence-corrected chi connectivity index (χ1v) is 6.99. The van der Waals surface area contributed by atoms with Crippen LogP contribution < -0.4 is 5.32 Å². The third-order valence-electron chi connectivity index (χ3n) is 4.33. The van der Waals surface area contributed by atoms with Crippen LogP contribution in [-0.2, 0) is 0 Å². The van der Waals surface area contributed by atoms with Gasteiger partial charge in [0.2, 0.25) is 0 Å². The Morgan fingerprint density at radius 2 is 2.05 bits per heavy atom. The smallest absolute Gasteiger partial charge is 0.273 e. The fraction of sp³-hybridized carbons (Fsp3) is 0.500. The Morgan fingerprint density at radius 1 is 1.32 bits per heavy atom. The zero-order valence-corrected chi connectivity index (χ0v) is 12.6. The van der Waals surface area contributed by atoms with Gasteiger partial charge in [-0.1, -0.05) is 0 Å². The highest BCUT2D eigenvalue weighted by Gasteiger charge is 2.35. The summed E-state index contributed by atoms with van der Waals surface area (Å²) in [4.78, 5) is 24.2. The third-order valence-corrected chi connectivity index (χ3v) is 4.33. The van der Waals surface area contributed by atoms with Gasteiger partial charge in [-0.05, 0) is 37.4 Å². The van der Waals surface area contributed by atoms with Crippen molar-refractivity contribution >= 4 is 24.0 Å². The van der Waals surface area contributed by atoms with E-state index in [1.807, 2.05) is 0 Å². The van der Waals surface area contributed by atoms with E-state index in [0.29, 0.717) is 24.9 Å². The molecule has 2 saturated heterocycles. The molecular formula is C14H17ClFN3O3. The maximum absolute atomic E-state index is 13.4. The second-order valence-electron chi connectivity index (χ2n) is 5.67. The summed E-state index contributed by atoms with van der Waals surface area (Å²) in [5.74, 6) is -0.0740. The van der Waals surface area contributed by atoms with Gasteiger partial charge in [-0.3, -0.25) is 14.9 Å². The number of amides is 1. The Kier molecular flexibility index (Phi) is 4.97. The number of piperidine rings is 1. The lowest BCUT2D eigenvalue weighted by Crippen LogP contribution is -2.43. The number of hydrogen-bond acceptors (Lipinski definition) is 4. The summed E-state index contributed by atoms with van der Waals surface area (Å²) >= 11 is 0. The number of halogens is 2. The number of nitro benzene ring substituents is 1. The number of benzene rings is 1. The number of fused-ring (bicyclic) bond motifs is 1. The maximum Gasteiger partial charge on any atom is 0.273 e. The Labute approximate surface area is 133 Å². The van der Waals surface area contributed by atoms with Gasteiger partial charge in [-0.15, -0.1) is 12.4 Å².